The van der Waals surface area contributed by atoms with Gasteiger partial charge in [-0.15, -0.1) is 0 Å². The van der Waals surface area contributed by atoms with E-state index in [0.717, 1.165) is 31.7 Å². The summed E-state index contributed by atoms with van der Waals surface area (Å²) in [7, 11) is 0. The molecule has 2 rings (SSSR count). The van der Waals surface area contributed by atoms with Crippen molar-refractivity contribution in [1.29, 1.82) is 0 Å². The highest BCUT2D eigenvalue weighted by Crippen LogP contribution is 2.27. The number of piperazine rings is 1. The zero-order chi connectivity index (χ0) is 11.5. The fraction of sp³-hybridized carbons (Fsp3) is 0.500. The number of rotatable bonds is 2. The van der Waals surface area contributed by atoms with Crippen LogP contribution in [0.15, 0.2) is 18.2 Å². The summed E-state index contributed by atoms with van der Waals surface area (Å²) < 4.78 is 0. The van der Waals surface area contributed by atoms with Gasteiger partial charge in [0.15, 0.2) is 0 Å². The van der Waals surface area contributed by atoms with Crippen molar-refractivity contribution in [1.82, 2.24) is 10.2 Å². The Hall–Kier alpha value is -0.770. The Kier molecular flexibility index (Phi) is 3.69. The summed E-state index contributed by atoms with van der Waals surface area (Å²) in [6.45, 7) is 5.95. The Labute approximate surface area is 101 Å². The first-order valence-corrected chi connectivity index (χ1v) is 5.96. The molecule has 1 aliphatic heterocycles. The number of nitrogens with one attached hydrogen (secondary N) is 1. The molecule has 3 nitrogen and oxygen atoms in total. The van der Waals surface area contributed by atoms with Gasteiger partial charge in [0.25, 0.3) is 0 Å². The van der Waals surface area contributed by atoms with Crippen LogP contribution in [0.2, 0.25) is 5.02 Å². The Morgan fingerprint density at radius 2 is 2.38 bits per heavy atom. The van der Waals surface area contributed by atoms with Gasteiger partial charge in [-0.3, -0.25) is 4.90 Å². The van der Waals surface area contributed by atoms with Crippen molar-refractivity contribution in [2.24, 2.45) is 0 Å². The van der Waals surface area contributed by atoms with Crippen LogP contribution >= 0.6 is 11.6 Å². The molecule has 0 aromatic heterocycles. The molecule has 4 heteroatoms. The summed E-state index contributed by atoms with van der Waals surface area (Å²) in [5.41, 5.74) is 0.904. The number of aromatic hydroxyl groups is 1. The first-order valence-electron chi connectivity index (χ1n) is 5.59. The summed E-state index contributed by atoms with van der Waals surface area (Å²) in [6.07, 6.45) is 0. The smallest absolute Gasteiger partial charge is 0.138 e. The molecule has 1 atom stereocenters. The fourth-order valence-electron chi connectivity index (χ4n) is 2.08. The molecule has 1 heterocycles. The number of hydrogen-bond donors (Lipinski definition) is 2. The van der Waals surface area contributed by atoms with E-state index in [4.69, 9.17) is 11.6 Å². The molecule has 2 N–H and O–H groups in total. The van der Waals surface area contributed by atoms with E-state index in [2.05, 4.69) is 17.1 Å². The van der Waals surface area contributed by atoms with Crippen LogP contribution in [0.1, 0.15) is 12.5 Å². The van der Waals surface area contributed by atoms with E-state index < -0.39 is 0 Å². The molecule has 1 saturated heterocycles. The molecule has 1 aromatic rings. The summed E-state index contributed by atoms with van der Waals surface area (Å²) in [5, 5.41) is 13.6. The minimum absolute atomic E-state index is 0.218. The van der Waals surface area contributed by atoms with Gasteiger partial charge < -0.3 is 10.4 Å². The van der Waals surface area contributed by atoms with E-state index >= 15 is 0 Å². The number of phenols is 1. The van der Waals surface area contributed by atoms with Crippen LogP contribution in [0.4, 0.5) is 0 Å². The van der Waals surface area contributed by atoms with E-state index in [1.807, 2.05) is 12.1 Å². The predicted molar refractivity (Wildman–Crippen MR) is 65.9 cm³/mol. The third-order valence-electron chi connectivity index (χ3n) is 2.92. The van der Waals surface area contributed by atoms with Gasteiger partial charge in [0.2, 0.25) is 0 Å². The van der Waals surface area contributed by atoms with Crippen molar-refractivity contribution in [2.45, 2.75) is 19.5 Å². The van der Waals surface area contributed by atoms with Crippen LogP contribution < -0.4 is 5.32 Å². The topological polar surface area (TPSA) is 35.5 Å². The van der Waals surface area contributed by atoms with Crippen molar-refractivity contribution < 1.29 is 5.11 Å². The predicted octanol–water partition coefficient (Wildman–Crippen LogP) is 1.84. The molecule has 0 radical (unpaired) electrons. The molecule has 16 heavy (non-hydrogen) atoms. The maximum Gasteiger partial charge on any atom is 0.138 e. The Bertz CT molecular complexity index is 370. The lowest BCUT2D eigenvalue weighted by atomic mass is 10.1. The molecule has 0 saturated carbocycles. The maximum absolute atomic E-state index is 9.82. The Morgan fingerprint density at radius 3 is 3.12 bits per heavy atom. The largest absolute Gasteiger partial charge is 0.506 e. The van der Waals surface area contributed by atoms with Crippen LogP contribution in [-0.4, -0.2) is 35.7 Å². The highest BCUT2D eigenvalue weighted by molar-refractivity contribution is 6.32. The number of halogens is 1. The lowest BCUT2D eigenvalue weighted by Crippen LogP contribution is -2.48. The van der Waals surface area contributed by atoms with Gasteiger partial charge >= 0.3 is 0 Å². The van der Waals surface area contributed by atoms with Crippen LogP contribution in [0.5, 0.6) is 5.75 Å². The summed E-state index contributed by atoms with van der Waals surface area (Å²) in [5.74, 6) is 0.218. The second-order valence-electron chi connectivity index (χ2n) is 4.34. The third kappa shape index (κ3) is 2.67. The normalized spacial score (nSPS) is 22.2. The molecule has 0 unspecified atom stereocenters. The fourth-order valence-corrected chi connectivity index (χ4v) is 2.28. The molecule has 0 aliphatic carbocycles. The van der Waals surface area contributed by atoms with E-state index in [1.165, 1.54) is 0 Å². The number of phenolic OH excluding ortho intramolecular Hbond substituents is 1. The summed E-state index contributed by atoms with van der Waals surface area (Å²) in [4.78, 5) is 2.33. The Balaban J connectivity index is 2.05. The van der Waals surface area contributed by atoms with Crippen molar-refractivity contribution in [2.75, 3.05) is 19.6 Å². The summed E-state index contributed by atoms with van der Waals surface area (Å²) in [6, 6.07) is 6.02. The molecule has 1 fully saturated rings. The van der Waals surface area contributed by atoms with Crippen molar-refractivity contribution in [3.05, 3.63) is 28.8 Å². The minimum atomic E-state index is 0.218. The highest BCUT2D eigenvalue weighted by atomic mass is 35.5. The molecule has 0 amide bonds. The maximum atomic E-state index is 9.82. The van der Waals surface area contributed by atoms with E-state index in [9.17, 15) is 5.11 Å². The quantitative estimate of drug-likeness (QED) is 0.828. The van der Waals surface area contributed by atoms with Gasteiger partial charge in [-0.05, 0) is 13.0 Å². The average Bonchev–Trinajstić information content (AvgIpc) is 2.25. The molecular formula is C12H17ClN2O. The highest BCUT2D eigenvalue weighted by Gasteiger charge is 2.17. The van der Waals surface area contributed by atoms with Gasteiger partial charge in [0, 0.05) is 37.8 Å². The van der Waals surface area contributed by atoms with Crippen LogP contribution in [0.25, 0.3) is 0 Å². The molecule has 0 bridgehead atoms. The first kappa shape index (κ1) is 11.7. The van der Waals surface area contributed by atoms with Gasteiger partial charge in [-0.1, -0.05) is 23.7 Å². The van der Waals surface area contributed by atoms with E-state index in [0.29, 0.717) is 11.1 Å². The minimum Gasteiger partial charge on any atom is -0.506 e. The molecule has 1 aromatic carbocycles. The SMILES string of the molecule is C[C@H]1CN(Cc2cccc(Cl)c2O)CCN1. The molecule has 0 spiro atoms. The second kappa shape index (κ2) is 5.04. The number of nitrogens with zero attached hydrogens (tertiary/aromatic N) is 1. The standard InChI is InChI=1S/C12H17ClN2O/c1-9-7-15(6-5-14-9)8-10-3-2-4-11(13)12(10)16/h2-4,9,14,16H,5-8H2,1H3/t9-/m0/s1. The third-order valence-corrected chi connectivity index (χ3v) is 3.22. The lowest BCUT2D eigenvalue weighted by Gasteiger charge is -2.31. The van der Waals surface area contributed by atoms with Gasteiger partial charge in [-0.2, -0.15) is 0 Å². The zero-order valence-corrected chi connectivity index (χ0v) is 10.2. The molecular weight excluding hydrogens is 224 g/mol. The zero-order valence-electron chi connectivity index (χ0n) is 9.41. The van der Waals surface area contributed by atoms with Crippen LogP contribution in [0.3, 0.4) is 0 Å². The van der Waals surface area contributed by atoms with Crippen LogP contribution in [-0.2, 0) is 6.54 Å². The van der Waals surface area contributed by atoms with Crippen LogP contribution in [0, 0.1) is 0 Å². The molecule has 1 aliphatic rings. The molecule has 88 valence electrons. The lowest BCUT2D eigenvalue weighted by molar-refractivity contribution is 0.198. The Morgan fingerprint density at radius 1 is 1.56 bits per heavy atom. The summed E-state index contributed by atoms with van der Waals surface area (Å²) >= 11 is 5.88. The monoisotopic (exact) mass is 240 g/mol. The van der Waals surface area contributed by atoms with Gasteiger partial charge in [0.05, 0.1) is 5.02 Å². The second-order valence-corrected chi connectivity index (χ2v) is 4.75. The average molecular weight is 241 g/mol. The number of para-hydroxylation sites is 1. The number of benzene rings is 1. The van der Waals surface area contributed by atoms with Gasteiger partial charge in [-0.25, -0.2) is 0 Å². The number of hydrogen-bond acceptors (Lipinski definition) is 3. The van der Waals surface area contributed by atoms with E-state index in [-0.39, 0.29) is 5.75 Å². The van der Waals surface area contributed by atoms with E-state index in [1.54, 1.807) is 6.07 Å². The van der Waals surface area contributed by atoms with Crippen molar-refractivity contribution in [3.63, 3.8) is 0 Å². The van der Waals surface area contributed by atoms with Crippen molar-refractivity contribution >= 4 is 11.6 Å². The first-order chi connectivity index (χ1) is 7.66. The van der Waals surface area contributed by atoms with Gasteiger partial charge in [0.1, 0.15) is 5.75 Å². The van der Waals surface area contributed by atoms with Crippen molar-refractivity contribution in [3.8, 4) is 5.75 Å².